The third kappa shape index (κ3) is 3.64. The van der Waals surface area contributed by atoms with Crippen molar-refractivity contribution in [1.29, 1.82) is 0 Å². The molecule has 0 atom stereocenters. The number of ether oxygens (including phenoxy) is 1. The van der Waals surface area contributed by atoms with Crippen LogP contribution in [0.2, 0.25) is 5.15 Å². The fraction of sp³-hybridized carbons (Fsp3) is 0.188. The average Bonchev–Trinajstić information content (AvgIpc) is 3.08. The number of amides is 1. The molecule has 0 fully saturated rings. The number of hydrogen-bond donors (Lipinski definition) is 2. The van der Waals surface area contributed by atoms with Gasteiger partial charge in [-0.05, 0) is 36.0 Å². The summed E-state index contributed by atoms with van der Waals surface area (Å²) in [6.07, 6.45) is 2.98. The van der Waals surface area contributed by atoms with Gasteiger partial charge in [0.25, 0.3) is 11.1 Å². The summed E-state index contributed by atoms with van der Waals surface area (Å²) < 4.78 is 4.97. The predicted octanol–water partition coefficient (Wildman–Crippen LogP) is 2.71. The Bertz CT molecular complexity index is 963. The molecule has 3 aromatic rings. The topological polar surface area (TPSA) is 110 Å². The van der Waals surface area contributed by atoms with Crippen molar-refractivity contribution in [1.82, 2.24) is 20.2 Å². The minimum absolute atomic E-state index is 0.274. The summed E-state index contributed by atoms with van der Waals surface area (Å²) in [5.41, 5.74) is 2.62. The number of carbonyl (C=O) groups is 1. The van der Waals surface area contributed by atoms with Crippen molar-refractivity contribution in [3.8, 4) is 16.3 Å². The van der Waals surface area contributed by atoms with Crippen LogP contribution in [-0.4, -0.2) is 38.3 Å². The lowest BCUT2D eigenvalue weighted by Gasteiger charge is -2.15. The van der Waals surface area contributed by atoms with Gasteiger partial charge in [0.05, 0.1) is 19.3 Å². The van der Waals surface area contributed by atoms with Crippen LogP contribution in [0.25, 0.3) is 11.1 Å². The fourth-order valence-corrected chi connectivity index (χ4v) is 3.14. The molecule has 0 aliphatic heterocycles. The van der Waals surface area contributed by atoms with Gasteiger partial charge in [0, 0.05) is 29.2 Å². The zero-order chi connectivity index (χ0) is 18.7. The number of carbonyl (C=O) groups excluding carboxylic acids is 1. The molecule has 26 heavy (non-hydrogen) atoms. The Labute approximate surface area is 157 Å². The monoisotopic (exact) mass is 391 g/mol. The lowest BCUT2D eigenvalue weighted by atomic mass is 9.95. The second-order valence-electron chi connectivity index (χ2n) is 5.17. The Morgan fingerprint density at radius 1 is 1.38 bits per heavy atom. The van der Waals surface area contributed by atoms with E-state index in [2.05, 4.69) is 25.5 Å². The Balaban J connectivity index is 2.07. The Hall–Kier alpha value is -2.62. The van der Waals surface area contributed by atoms with E-state index in [-0.39, 0.29) is 22.5 Å². The number of anilines is 1. The maximum absolute atomic E-state index is 12.8. The number of aromatic nitrogens is 4. The van der Waals surface area contributed by atoms with Gasteiger partial charge >= 0.3 is 0 Å². The first-order valence-electron chi connectivity index (χ1n) is 7.43. The Kier molecular flexibility index (Phi) is 5.40. The van der Waals surface area contributed by atoms with Gasteiger partial charge in [0.15, 0.2) is 0 Å². The van der Waals surface area contributed by atoms with Gasteiger partial charge in [0.2, 0.25) is 5.13 Å². The zero-order valence-corrected chi connectivity index (χ0v) is 15.4. The summed E-state index contributed by atoms with van der Waals surface area (Å²) >= 11 is 7.09. The summed E-state index contributed by atoms with van der Waals surface area (Å²) in [7, 11) is 1.47. The second kappa shape index (κ2) is 7.73. The SMILES string of the molecule is COc1nnc(NC(=O)c2cnc(C)c(CO)c2-c2ccnc(Cl)c2)s1. The highest BCUT2D eigenvalue weighted by atomic mass is 35.5. The molecule has 0 saturated carbocycles. The van der Waals surface area contributed by atoms with Gasteiger partial charge in [-0.3, -0.25) is 15.1 Å². The van der Waals surface area contributed by atoms with E-state index in [0.717, 1.165) is 11.3 Å². The van der Waals surface area contributed by atoms with Crippen LogP contribution >= 0.6 is 22.9 Å². The van der Waals surface area contributed by atoms with Crippen molar-refractivity contribution in [2.75, 3.05) is 12.4 Å². The molecule has 3 rings (SSSR count). The Morgan fingerprint density at radius 2 is 2.19 bits per heavy atom. The number of methoxy groups -OCH3 is 1. The summed E-state index contributed by atoms with van der Waals surface area (Å²) in [6.45, 7) is 1.48. The van der Waals surface area contributed by atoms with Crippen LogP contribution in [-0.2, 0) is 6.61 Å². The van der Waals surface area contributed by atoms with E-state index in [1.54, 1.807) is 19.1 Å². The van der Waals surface area contributed by atoms with Crippen molar-refractivity contribution in [2.24, 2.45) is 0 Å². The van der Waals surface area contributed by atoms with Crippen LogP contribution in [0.4, 0.5) is 5.13 Å². The smallest absolute Gasteiger partial charge is 0.295 e. The lowest BCUT2D eigenvalue weighted by Crippen LogP contribution is -2.15. The molecule has 134 valence electrons. The molecule has 3 heterocycles. The largest absolute Gasteiger partial charge is 0.472 e. The quantitative estimate of drug-likeness (QED) is 0.643. The number of aryl methyl sites for hydroxylation is 1. The van der Waals surface area contributed by atoms with E-state index in [1.165, 1.54) is 19.5 Å². The standard InChI is InChI=1S/C16H14ClN5O3S/c1-8-11(7-23)13(9-3-4-18-12(17)5-9)10(6-19-8)14(24)20-15-21-22-16(25-2)26-15/h3-6,23H,7H2,1-2H3,(H,20,21,24). The van der Waals surface area contributed by atoms with Crippen molar-refractivity contribution < 1.29 is 14.6 Å². The van der Waals surface area contributed by atoms with E-state index in [9.17, 15) is 9.90 Å². The first kappa shape index (κ1) is 18.2. The Morgan fingerprint density at radius 3 is 2.85 bits per heavy atom. The van der Waals surface area contributed by atoms with Crippen LogP contribution in [0, 0.1) is 6.92 Å². The predicted molar refractivity (Wildman–Crippen MR) is 97.6 cm³/mol. The molecule has 0 saturated heterocycles. The molecule has 0 unspecified atom stereocenters. The molecule has 1 amide bonds. The molecule has 0 radical (unpaired) electrons. The van der Waals surface area contributed by atoms with Crippen LogP contribution in [0.15, 0.2) is 24.5 Å². The molecular weight excluding hydrogens is 378 g/mol. The van der Waals surface area contributed by atoms with Gasteiger partial charge in [0.1, 0.15) is 5.15 Å². The first-order valence-corrected chi connectivity index (χ1v) is 8.63. The maximum atomic E-state index is 12.8. The normalized spacial score (nSPS) is 10.6. The van der Waals surface area contributed by atoms with Crippen molar-refractivity contribution in [3.05, 3.63) is 46.5 Å². The average molecular weight is 392 g/mol. The maximum Gasteiger partial charge on any atom is 0.295 e. The van der Waals surface area contributed by atoms with Crippen LogP contribution in [0.5, 0.6) is 5.19 Å². The highest BCUT2D eigenvalue weighted by Crippen LogP contribution is 2.31. The zero-order valence-electron chi connectivity index (χ0n) is 13.9. The number of aliphatic hydroxyl groups is 1. The van der Waals surface area contributed by atoms with Gasteiger partial charge in [-0.15, -0.1) is 5.10 Å². The molecule has 3 aromatic heterocycles. The molecular formula is C16H14ClN5O3S. The molecule has 10 heteroatoms. The summed E-state index contributed by atoms with van der Waals surface area (Å²) in [5, 5.41) is 21.0. The van der Waals surface area contributed by atoms with Gasteiger partial charge in [-0.25, -0.2) is 4.98 Å². The fourth-order valence-electron chi connectivity index (χ4n) is 2.41. The molecule has 0 aliphatic rings. The van der Waals surface area contributed by atoms with Crippen molar-refractivity contribution in [2.45, 2.75) is 13.5 Å². The van der Waals surface area contributed by atoms with Crippen molar-refractivity contribution in [3.63, 3.8) is 0 Å². The van der Waals surface area contributed by atoms with Crippen LogP contribution in [0.1, 0.15) is 21.6 Å². The number of hydrogen-bond acceptors (Lipinski definition) is 8. The second-order valence-corrected chi connectivity index (χ2v) is 6.49. The van der Waals surface area contributed by atoms with Crippen molar-refractivity contribution >= 4 is 34.0 Å². The number of pyridine rings is 2. The van der Waals surface area contributed by atoms with E-state index in [0.29, 0.717) is 27.6 Å². The summed E-state index contributed by atoms with van der Waals surface area (Å²) in [5.74, 6) is -0.436. The molecule has 0 aliphatic carbocycles. The highest BCUT2D eigenvalue weighted by Gasteiger charge is 2.20. The van der Waals surface area contributed by atoms with Gasteiger partial charge in [-0.1, -0.05) is 16.7 Å². The molecule has 8 nitrogen and oxygen atoms in total. The van der Waals surface area contributed by atoms with E-state index < -0.39 is 5.91 Å². The number of aliphatic hydroxyl groups excluding tert-OH is 1. The molecule has 2 N–H and O–H groups in total. The molecule has 0 spiro atoms. The lowest BCUT2D eigenvalue weighted by molar-refractivity contribution is 0.102. The number of nitrogens with one attached hydrogen (secondary N) is 1. The minimum Gasteiger partial charge on any atom is -0.472 e. The molecule has 0 bridgehead atoms. The number of nitrogens with zero attached hydrogens (tertiary/aromatic N) is 4. The van der Waals surface area contributed by atoms with Crippen LogP contribution < -0.4 is 10.1 Å². The van der Waals surface area contributed by atoms with Gasteiger partial charge < -0.3 is 9.84 Å². The number of rotatable bonds is 5. The third-order valence-electron chi connectivity index (χ3n) is 3.61. The van der Waals surface area contributed by atoms with Crippen LogP contribution in [0.3, 0.4) is 0 Å². The summed E-state index contributed by atoms with van der Waals surface area (Å²) in [4.78, 5) is 21.0. The highest BCUT2D eigenvalue weighted by molar-refractivity contribution is 7.17. The van der Waals surface area contributed by atoms with Gasteiger partial charge in [-0.2, -0.15) is 0 Å². The van der Waals surface area contributed by atoms with E-state index in [4.69, 9.17) is 16.3 Å². The van der Waals surface area contributed by atoms with E-state index in [1.807, 2.05) is 0 Å². The third-order valence-corrected chi connectivity index (χ3v) is 4.62. The first-order chi connectivity index (χ1) is 12.5. The molecule has 0 aromatic carbocycles. The minimum atomic E-state index is -0.436. The van der Waals surface area contributed by atoms with E-state index >= 15 is 0 Å². The number of halogens is 1. The summed E-state index contributed by atoms with van der Waals surface area (Å²) in [6, 6.07) is 3.34.